The van der Waals surface area contributed by atoms with Crippen molar-refractivity contribution >= 4 is 47.5 Å². The van der Waals surface area contributed by atoms with E-state index < -0.39 is 102 Å². The van der Waals surface area contributed by atoms with Gasteiger partial charge in [0.2, 0.25) is 35.8 Å². The van der Waals surface area contributed by atoms with Gasteiger partial charge >= 0.3 is 12.1 Å². The molecule has 1 unspecified atom stereocenters. The van der Waals surface area contributed by atoms with Gasteiger partial charge in [0.15, 0.2) is 0 Å². The van der Waals surface area contributed by atoms with E-state index in [2.05, 4.69) is 31.3 Å². The summed E-state index contributed by atoms with van der Waals surface area (Å²) in [5.74, 6) is -5.55. The number of likely N-dealkylation sites (tertiary alicyclic amines) is 2. The molecule has 0 aromatic carbocycles. The summed E-state index contributed by atoms with van der Waals surface area (Å²) in [6.07, 6.45) is 0.561. The number of nitrogens with one attached hydrogen (secondary N) is 5. The Morgan fingerprint density at radius 2 is 1.36 bits per heavy atom. The highest BCUT2D eigenvalue weighted by molar-refractivity contribution is 5.97. The lowest BCUT2D eigenvalue weighted by Gasteiger charge is -2.33. The quantitative estimate of drug-likeness (QED) is 0.199. The summed E-state index contributed by atoms with van der Waals surface area (Å²) in [4.78, 5) is 109. The molecule has 0 aliphatic carbocycles. The van der Waals surface area contributed by atoms with E-state index in [4.69, 9.17) is 14.2 Å². The van der Waals surface area contributed by atoms with Crippen molar-refractivity contribution in [2.75, 3.05) is 46.6 Å². The Labute approximate surface area is 328 Å². The molecule has 3 fully saturated rings. The van der Waals surface area contributed by atoms with E-state index in [-0.39, 0.29) is 25.7 Å². The molecular weight excluding hydrogens is 734 g/mol. The number of carbonyl (C=O) groups is 8. The lowest BCUT2D eigenvalue weighted by molar-refractivity contribution is -0.146. The summed E-state index contributed by atoms with van der Waals surface area (Å²) in [5, 5.41) is 13.0. The Kier molecular flexibility index (Phi) is 17.3. The second kappa shape index (κ2) is 21.1. The molecule has 56 heavy (non-hydrogen) atoms. The van der Waals surface area contributed by atoms with E-state index in [1.165, 1.54) is 9.80 Å². The largest absolute Gasteiger partial charge is 0.468 e. The van der Waals surface area contributed by atoms with Crippen LogP contribution in [0, 0.1) is 11.8 Å². The van der Waals surface area contributed by atoms with Crippen LogP contribution < -0.4 is 26.6 Å². The molecule has 0 bridgehead atoms. The van der Waals surface area contributed by atoms with Crippen LogP contribution in [0.15, 0.2) is 0 Å². The zero-order valence-corrected chi connectivity index (χ0v) is 33.9. The van der Waals surface area contributed by atoms with Crippen LogP contribution in [0.1, 0.15) is 87.0 Å². The van der Waals surface area contributed by atoms with Gasteiger partial charge in [0.05, 0.1) is 13.7 Å². The van der Waals surface area contributed by atoms with Crippen LogP contribution in [0.4, 0.5) is 4.79 Å². The fourth-order valence-corrected chi connectivity index (χ4v) is 6.51. The fraction of sp³-hybridized carbons (Fsp3) is 0.784. The Bertz CT molecular complexity index is 1430. The topological polar surface area (TPSA) is 240 Å². The number of carbonyl (C=O) groups excluding carboxylic acids is 8. The molecule has 0 saturated carbocycles. The van der Waals surface area contributed by atoms with E-state index in [0.717, 1.165) is 7.11 Å². The van der Waals surface area contributed by atoms with E-state index in [1.807, 2.05) is 0 Å². The third-order valence-electron chi connectivity index (χ3n) is 9.53. The van der Waals surface area contributed by atoms with Gasteiger partial charge in [-0.15, -0.1) is 0 Å². The van der Waals surface area contributed by atoms with Crippen molar-refractivity contribution in [3.05, 3.63) is 0 Å². The lowest BCUT2D eigenvalue weighted by atomic mass is 9.99. The Morgan fingerprint density at radius 3 is 1.96 bits per heavy atom. The summed E-state index contributed by atoms with van der Waals surface area (Å²) >= 11 is 0. The highest BCUT2D eigenvalue weighted by Crippen LogP contribution is 2.26. The first-order valence-electron chi connectivity index (χ1n) is 19.4. The molecule has 316 valence electrons. The number of rotatable bonds is 8. The summed E-state index contributed by atoms with van der Waals surface area (Å²) in [5.41, 5.74) is -0.752. The van der Waals surface area contributed by atoms with Crippen molar-refractivity contribution in [2.45, 2.75) is 129 Å². The Hall–Kier alpha value is -4.52. The van der Waals surface area contributed by atoms with Crippen molar-refractivity contribution in [2.24, 2.45) is 11.8 Å². The SMILES string of the molecule is COC(=O)CNC(=O)C1NC(=O)[C@H](C(C)C)NC(=O)[C@H](C(C)C)NC(=O)[C@@H](NC(=O)[C@@H]2CCCN2C(=O)[C@@H]2CCCN2C(=O)OC(C)(C)C)COCCCCO1. The van der Waals surface area contributed by atoms with Crippen LogP contribution in [0.3, 0.4) is 0 Å². The smallest absolute Gasteiger partial charge is 0.410 e. The molecule has 3 rings (SSSR count). The lowest BCUT2D eigenvalue weighted by Crippen LogP contribution is -2.62. The number of amides is 7. The summed E-state index contributed by atoms with van der Waals surface area (Å²) < 4.78 is 21.6. The van der Waals surface area contributed by atoms with Gasteiger partial charge in [0.1, 0.15) is 42.4 Å². The van der Waals surface area contributed by atoms with E-state index in [9.17, 15) is 38.4 Å². The predicted octanol–water partition coefficient (Wildman–Crippen LogP) is -0.298. The van der Waals surface area contributed by atoms with Gasteiger partial charge in [-0.05, 0) is 71.1 Å². The summed E-state index contributed by atoms with van der Waals surface area (Å²) in [6.45, 7) is 12.0. The minimum atomic E-state index is -1.50. The number of ether oxygens (including phenoxy) is 4. The Morgan fingerprint density at radius 1 is 0.786 bits per heavy atom. The monoisotopic (exact) mass is 795 g/mol. The second-order valence-electron chi connectivity index (χ2n) is 15.9. The molecule has 0 aromatic heterocycles. The molecule has 0 spiro atoms. The van der Waals surface area contributed by atoms with Crippen LogP contribution in [-0.2, 0) is 52.5 Å². The predicted molar refractivity (Wildman–Crippen MR) is 199 cm³/mol. The zero-order chi connectivity index (χ0) is 41.7. The van der Waals surface area contributed by atoms with Gasteiger partial charge in [-0.1, -0.05) is 27.7 Å². The molecule has 3 aliphatic rings. The molecule has 3 saturated heterocycles. The summed E-state index contributed by atoms with van der Waals surface area (Å²) in [7, 11) is 1.16. The number of methoxy groups -OCH3 is 1. The molecule has 3 heterocycles. The number of hydrogen-bond donors (Lipinski definition) is 5. The first kappa shape index (κ1) is 45.9. The van der Waals surface area contributed by atoms with Crippen molar-refractivity contribution in [3.63, 3.8) is 0 Å². The standard InChI is InChI=1S/C37H61N7O12/c1-21(2)27-31(48)41-28(22(3)4)32(49)42-34(33(50)38-19-26(45)53-8)55-18-10-9-17-54-20-23(29(46)40-27)39-30(47)24-13-11-15-43(24)35(51)25-14-12-16-44(25)36(52)56-37(5,6)7/h21-25,27-28,34H,9-20H2,1-8H3,(H,38,50)(H,39,47)(H,40,46)(H,41,48)(H,42,49)/t23-,24-,25-,27-,28-,34?/m0/s1. The van der Waals surface area contributed by atoms with E-state index >= 15 is 0 Å². The Balaban J connectivity index is 1.80. The third kappa shape index (κ3) is 13.3. The molecule has 19 nitrogen and oxygen atoms in total. The number of hydrogen-bond acceptors (Lipinski definition) is 12. The maximum atomic E-state index is 13.9. The number of nitrogens with zero attached hydrogens (tertiary/aromatic N) is 2. The fourth-order valence-electron chi connectivity index (χ4n) is 6.51. The van der Waals surface area contributed by atoms with Gasteiger partial charge in [0.25, 0.3) is 5.91 Å². The van der Waals surface area contributed by atoms with Gasteiger partial charge in [-0.25, -0.2) is 4.79 Å². The van der Waals surface area contributed by atoms with Gasteiger partial charge in [-0.2, -0.15) is 0 Å². The van der Waals surface area contributed by atoms with Crippen LogP contribution in [0.5, 0.6) is 0 Å². The average molecular weight is 796 g/mol. The average Bonchev–Trinajstić information content (AvgIpc) is 3.82. The van der Waals surface area contributed by atoms with Crippen LogP contribution in [0.2, 0.25) is 0 Å². The van der Waals surface area contributed by atoms with Gasteiger partial charge < -0.3 is 50.4 Å². The van der Waals surface area contributed by atoms with E-state index in [1.54, 1.807) is 48.5 Å². The molecule has 7 amide bonds. The van der Waals surface area contributed by atoms with E-state index in [0.29, 0.717) is 51.6 Å². The molecule has 0 radical (unpaired) electrons. The molecule has 6 atom stereocenters. The molecule has 5 N–H and O–H groups in total. The third-order valence-corrected chi connectivity index (χ3v) is 9.53. The normalized spacial score (nSPS) is 26.1. The van der Waals surface area contributed by atoms with Crippen molar-refractivity contribution in [3.8, 4) is 0 Å². The van der Waals surface area contributed by atoms with Crippen LogP contribution >= 0.6 is 0 Å². The highest BCUT2D eigenvalue weighted by Gasteiger charge is 2.44. The molecular formula is C37H61N7O12. The minimum Gasteiger partial charge on any atom is -0.468 e. The highest BCUT2D eigenvalue weighted by atomic mass is 16.6. The maximum Gasteiger partial charge on any atom is 0.410 e. The summed E-state index contributed by atoms with van der Waals surface area (Å²) in [6, 6.07) is -5.28. The molecule has 19 heteroatoms. The van der Waals surface area contributed by atoms with Crippen LogP contribution in [0.25, 0.3) is 0 Å². The van der Waals surface area contributed by atoms with Crippen molar-refractivity contribution < 1.29 is 57.3 Å². The first-order valence-corrected chi connectivity index (χ1v) is 19.4. The van der Waals surface area contributed by atoms with Crippen molar-refractivity contribution in [1.29, 1.82) is 0 Å². The van der Waals surface area contributed by atoms with Gasteiger partial charge in [-0.3, -0.25) is 38.5 Å². The van der Waals surface area contributed by atoms with Crippen LogP contribution in [-0.4, -0.2) is 146 Å². The minimum absolute atomic E-state index is 0.00732. The maximum absolute atomic E-state index is 13.9. The molecule has 3 aliphatic heterocycles. The van der Waals surface area contributed by atoms with Crippen molar-refractivity contribution in [1.82, 2.24) is 36.4 Å². The number of esters is 1. The molecule has 0 aromatic rings. The zero-order valence-electron chi connectivity index (χ0n) is 33.9. The van der Waals surface area contributed by atoms with Gasteiger partial charge in [0, 0.05) is 26.3 Å². The first-order chi connectivity index (χ1) is 26.3. The second-order valence-corrected chi connectivity index (χ2v) is 15.9.